The molecule has 0 aliphatic carbocycles. The number of hydrogen-bond acceptors (Lipinski definition) is 2. The number of halogens is 2. The molecule has 0 radical (unpaired) electrons. The van der Waals surface area contributed by atoms with Crippen LogP contribution in [0.1, 0.15) is 19.4 Å². The largest absolute Gasteiger partial charge is 0.392 e. The molecule has 0 bridgehead atoms. The lowest BCUT2D eigenvalue weighted by Gasteiger charge is -2.26. The summed E-state index contributed by atoms with van der Waals surface area (Å²) in [4.78, 5) is 2.42. The molecule has 0 saturated carbocycles. The average Bonchev–Trinajstić information content (AvgIpc) is 2.19. The molecule has 0 atom stereocenters. The van der Waals surface area contributed by atoms with Crippen LogP contribution in [0.5, 0.6) is 0 Å². The Kier molecular flexibility index (Phi) is 5.31. The number of hydrogen-bond donors (Lipinski definition) is 1. The Morgan fingerprint density at radius 1 is 1.53 bits per heavy atom. The Morgan fingerprint density at radius 2 is 2.18 bits per heavy atom. The van der Waals surface area contributed by atoms with Crippen LogP contribution in [0, 0.1) is 5.82 Å². The fourth-order valence-electron chi connectivity index (χ4n) is 1.49. The topological polar surface area (TPSA) is 29.3 Å². The van der Waals surface area contributed by atoms with Gasteiger partial charge in [-0.25, -0.2) is 4.39 Å². The minimum Gasteiger partial charge on any atom is -0.392 e. The van der Waals surface area contributed by atoms with Crippen LogP contribution >= 0.6 is 23.8 Å². The van der Waals surface area contributed by atoms with E-state index in [0.29, 0.717) is 28.7 Å². The fraction of sp³-hybridized carbons (Fsp3) is 0.417. The van der Waals surface area contributed by atoms with E-state index >= 15 is 0 Å². The first-order valence-electron chi connectivity index (χ1n) is 5.36. The van der Waals surface area contributed by atoms with E-state index < -0.39 is 0 Å². The third-order valence-corrected chi connectivity index (χ3v) is 2.84. The van der Waals surface area contributed by atoms with Crippen LogP contribution in [-0.2, 0) is 6.54 Å². The lowest BCUT2D eigenvalue weighted by molar-refractivity contribution is 0.242. The van der Waals surface area contributed by atoms with Crippen molar-refractivity contribution in [3.05, 3.63) is 34.6 Å². The summed E-state index contributed by atoms with van der Waals surface area (Å²) in [5, 5.41) is 0.400. The van der Waals surface area contributed by atoms with Crippen molar-refractivity contribution in [1.29, 1.82) is 0 Å². The van der Waals surface area contributed by atoms with Crippen LogP contribution in [0.15, 0.2) is 18.2 Å². The number of nitrogens with two attached hydrogens (primary N) is 1. The molecule has 0 unspecified atom stereocenters. The Hall–Kier alpha value is -0.710. The highest BCUT2D eigenvalue weighted by Crippen LogP contribution is 2.17. The lowest BCUT2D eigenvalue weighted by atomic mass is 10.1. The molecule has 1 rings (SSSR count). The minimum atomic E-state index is -0.300. The number of rotatable bonds is 5. The molecule has 1 aromatic rings. The van der Waals surface area contributed by atoms with Crippen molar-refractivity contribution >= 4 is 28.8 Å². The molecule has 2 nitrogen and oxygen atoms in total. The Bertz CT molecular complexity index is 409. The maximum Gasteiger partial charge on any atom is 0.129 e. The van der Waals surface area contributed by atoms with E-state index in [9.17, 15) is 4.39 Å². The number of thiocarbonyl (C=S) groups is 1. The van der Waals surface area contributed by atoms with Gasteiger partial charge in [-0.1, -0.05) is 29.9 Å². The van der Waals surface area contributed by atoms with Crippen LogP contribution < -0.4 is 5.73 Å². The molecule has 1 aromatic carbocycles. The zero-order chi connectivity index (χ0) is 13.0. The summed E-state index contributed by atoms with van der Waals surface area (Å²) in [5.74, 6) is -0.300. The van der Waals surface area contributed by atoms with Gasteiger partial charge in [-0.05, 0) is 26.0 Å². The predicted octanol–water partition coefficient (Wildman–Crippen LogP) is 2.98. The molecule has 17 heavy (non-hydrogen) atoms. The van der Waals surface area contributed by atoms with Gasteiger partial charge >= 0.3 is 0 Å². The van der Waals surface area contributed by atoms with Crippen molar-refractivity contribution in [2.24, 2.45) is 5.73 Å². The van der Waals surface area contributed by atoms with Crippen LogP contribution in [0.4, 0.5) is 4.39 Å². The minimum absolute atomic E-state index is 0.242. The smallest absolute Gasteiger partial charge is 0.129 e. The maximum absolute atomic E-state index is 13.6. The molecule has 94 valence electrons. The number of benzene rings is 1. The molecule has 0 spiro atoms. The fourth-order valence-corrected chi connectivity index (χ4v) is 1.81. The second kappa shape index (κ2) is 6.28. The van der Waals surface area contributed by atoms with Gasteiger partial charge in [0.1, 0.15) is 5.82 Å². The van der Waals surface area contributed by atoms with E-state index in [2.05, 4.69) is 0 Å². The molecule has 0 aliphatic heterocycles. The first-order valence-corrected chi connectivity index (χ1v) is 6.15. The van der Waals surface area contributed by atoms with Crippen molar-refractivity contribution in [3.63, 3.8) is 0 Å². The van der Waals surface area contributed by atoms with E-state index in [1.807, 2.05) is 18.7 Å². The second-order valence-corrected chi connectivity index (χ2v) is 5.16. The van der Waals surface area contributed by atoms with Gasteiger partial charge in [-0.15, -0.1) is 0 Å². The zero-order valence-corrected chi connectivity index (χ0v) is 11.5. The molecule has 0 aliphatic rings. The van der Waals surface area contributed by atoms with Crippen molar-refractivity contribution in [2.45, 2.75) is 26.4 Å². The molecular formula is C12H16ClFN2S. The van der Waals surface area contributed by atoms with Crippen molar-refractivity contribution in [2.75, 3.05) is 6.54 Å². The van der Waals surface area contributed by atoms with E-state index in [0.717, 1.165) is 0 Å². The molecule has 0 heterocycles. The van der Waals surface area contributed by atoms with Crippen LogP contribution in [0.2, 0.25) is 5.02 Å². The third-order valence-electron chi connectivity index (χ3n) is 2.48. The van der Waals surface area contributed by atoms with Crippen LogP contribution in [-0.4, -0.2) is 22.5 Å². The van der Waals surface area contributed by atoms with Crippen LogP contribution in [0.3, 0.4) is 0 Å². The quantitative estimate of drug-likeness (QED) is 0.837. The van der Waals surface area contributed by atoms with Crippen molar-refractivity contribution in [1.82, 2.24) is 4.90 Å². The molecule has 0 saturated heterocycles. The van der Waals surface area contributed by atoms with Gasteiger partial charge < -0.3 is 5.73 Å². The van der Waals surface area contributed by atoms with E-state index in [1.165, 1.54) is 6.07 Å². The molecule has 0 amide bonds. The summed E-state index contributed by atoms with van der Waals surface area (Å²) in [6.07, 6.45) is 0. The highest BCUT2D eigenvalue weighted by molar-refractivity contribution is 7.80. The summed E-state index contributed by atoms with van der Waals surface area (Å²) in [7, 11) is 0. The molecule has 5 heteroatoms. The Labute approximate surface area is 112 Å². The Morgan fingerprint density at radius 3 is 2.65 bits per heavy atom. The molecule has 0 aromatic heterocycles. The van der Waals surface area contributed by atoms with Crippen LogP contribution in [0.25, 0.3) is 0 Å². The monoisotopic (exact) mass is 274 g/mol. The van der Waals surface area contributed by atoms with Gasteiger partial charge in [0, 0.05) is 29.7 Å². The standard InChI is InChI=1S/C12H16ClFN2S/c1-8(2)16(7-12(15)17)6-9-3-4-10(13)5-11(9)14/h3-5,8H,6-7H2,1-2H3,(H2,15,17). The number of nitrogens with zero attached hydrogens (tertiary/aromatic N) is 1. The highest BCUT2D eigenvalue weighted by Gasteiger charge is 2.13. The summed E-state index contributed by atoms with van der Waals surface area (Å²) in [6, 6.07) is 4.92. The zero-order valence-electron chi connectivity index (χ0n) is 9.91. The first kappa shape index (κ1) is 14.4. The second-order valence-electron chi connectivity index (χ2n) is 4.20. The summed E-state index contributed by atoms with van der Waals surface area (Å²) in [6.45, 7) is 4.99. The Balaban J connectivity index is 2.82. The van der Waals surface area contributed by atoms with E-state index in [1.54, 1.807) is 12.1 Å². The van der Waals surface area contributed by atoms with E-state index in [4.69, 9.17) is 29.6 Å². The maximum atomic E-state index is 13.6. The van der Waals surface area contributed by atoms with Gasteiger partial charge in [-0.2, -0.15) is 0 Å². The van der Waals surface area contributed by atoms with Gasteiger partial charge in [0.05, 0.1) is 4.99 Å². The van der Waals surface area contributed by atoms with Gasteiger partial charge in [0.15, 0.2) is 0 Å². The summed E-state index contributed by atoms with van der Waals surface area (Å²) in [5.41, 5.74) is 6.12. The lowest BCUT2D eigenvalue weighted by Crippen LogP contribution is -2.37. The predicted molar refractivity (Wildman–Crippen MR) is 73.7 cm³/mol. The molecule has 0 fully saturated rings. The normalized spacial score (nSPS) is 11.2. The van der Waals surface area contributed by atoms with Crippen molar-refractivity contribution in [3.8, 4) is 0 Å². The van der Waals surface area contributed by atoms with Gasteiger partial charge in [0.2, 0.25) is 0 Å². The summed E-state index contributed by atoms with van der Waals surface area (Å²) < 4.78 is 13.6. The first-order chi connectivity index (χ1) is 7.90. The van der Waals surface area contributed by atoms with Crippen molar-refractivity contribution < 1.29 is 4.39 Å². The van der Waals surface area contributed by atoms with E-state index in [-0.39, 0.29) is 11.9 Å². The third kappa shape index (κ3) is 4.58. The van der Waals surface area contributed by atoms with Gasteiger partial charge in [0.25, 0.3) is 0 Å². The highest BCUT2D eigenvalue weighted by atomic mass is 35.5. The summed E-state index contributed by atoms with van der Waals surface area (Å²) >= 11 is 10.6. The molecular weight excluding hydrogens is 259 g/mol. The SMILES string of the molecule is CC(C)N(CC(N)=S)Cc1ccc(Cl)cc1F. The molecule has 2 N–H and O–H groups in total. The van der Waals surface area contributed by atoms with Gasteiger partial charge in [-0.3, -0.25) is 4.90 Å². The average molecular weight is 275 g/mol.